The van der Waals surface area contributed by atoms with Gasteiger partial charge in [0, 0.05) is 13.7 Å². The van der Waals surface area contributed by atoms with E-state index in [-0.39, 0.29) is 6.54 Å². The number of hydrogen-bond donors (Lipinski definition) is 2. The van der Waals surface area contributed by atoms with E-state index in [4.69, 9.17) is 10.5 Å². The minimum Gasteiger partial charge on any atom is -0.380 e. The first-order valence-electron chi connectivity index (χ1n) is 5.89. The van der Waals surface area contributed by atoms with E-state index in [1.165, 1.54) is 7.11 Å². The van der Waals surface area contributed by atoms with Gasteiger partial charge in [-0.25, -0.2) is 0 Å². The smallest absolute Gasteiger partial charge is 0.380 e. The van der Waals surface area contributed by atoms with Gasteiger partial charge in [0.05, 0.1) is 6.61 Å². The first-order chi connectivity index (χ1) is 9.20. The summed E-state index contributed by atoms with van der Waals surface area (Å²) in [5.41, 5.74) is 3.60. The normalized spacial score (nSPS) is 14.7. The molecule has 0 aromatic heterocycles. The van der Waals surface area contributed by atoms with Gasteiger partial charge in [0.15, 0.2) is 5.54 Å². The number of carbonyl (C=O) groups is 1. The highest BCUT2D eigenvalue weighted by Gasteiger charge is 2.53. The van der Waals surface area contributed by atoms with Crippen LogP contribution in [0.3, 0.4) is 0 Å². The lowest BCUT2D eigenvalue weighted by Crippen LogP contribution is -2.61. The average Bonchev–Trinajstić information content (AvgIpc) is 2.36. The summed E-state index contributed by atoms with van der Waals surface area (Å²) in [5, 5.41) is 2.21. The van der Waals surface area contributed by atoms with Crippen LogP contribution in [0.4, 0.5) is 13.2 Å². The van der Waals surface area contributed by atoms with Crippen molar-refractivity contribution in [1.29, 1.82) is 0 Å². The van der Waals surface area contributed by atoms with Crippen LogP contribution in [-0.4, -0.2) is 24.7 Å². The van der Waals surface area contributed by atoms with Gasteiger partial charge in [0.1, 0.15) is 0 Å². The highest BCUT2D eigenvalue weighted by atomic mass is 19.4. The third kappa shape index (κ3) is 3.71. The van der Waals surface area contributed by atoms with Crippen molar-refractivity contribution in [2.24, 2.45) is 5.73 Å². The number of benzene rings is 1. The van der Waals surface area contributed by atoms with Gasteiger partial charge in [0.25, 0.3) is 0 Å². The molecule has 0 saturated heterocycles. The molecule has 0 aliphatic heterocycles. The van der Waals surface area contributed by atoms with Crippen molar-refractivity contribution in [1.82, 2.24) is 5.32 Å². The quantitative estimate of drug-likeness (QED) is 0.868. The van der Waals surface area contributed by atoms with Crippen LogP contribution in [-0.2, 0) is 22.7 Å². The predicted molar refractivity (Wildman–Crippen MR) is 67.6 cm³/mol. The standard InChI is InChI=1S/C13H17F3N2O2/c1-12(17,13(14,15)16)11(19)18-7-9-5-3-4-6-10(9)8-20-2/h3-6H,7-8,17H2,1-2H3,(H,18,19). The molecule has 112 valence electrons. The molecule has 0 aliphatic rings. The summed E-state index contributed by atoms with van der Waals surface area (Å²) < 4.78 is 42.8. The fourth-order valence-corrected chi connectivity index (χ4v) is 1.51. The topological polar surface area (TPSA) is 64.3 Å². The van der Waals surface area contributed by atoms with Gasteiger partial charge >= 0.3 is 6.18 Å². The zero-order chi connectivity index (χ0) is 15.4. The van der Waals surface area contributed by atoms with Gasteiger partial charge < -0.3 is 15.8 Å². The molecule has 1 amide bonds. The maximum absolute atomic E-state index is 12.6. The Kier molecular flexibility index (Phi) is 5.13. The minimum absolute atomic E-state index is 0.0404. The number of nitrogens with one attached hydrogen (secondary N) is 1. The fraction of sp³-hybridized carbons (Fsp3) is 0.462. The van der Waals surface area contributed by atoms with Crippen molar-refractivity contribution >= 4 is 5.91 Å². The van der Waals surface area contributed by atoms with E-state index < -0.39 is 17.6 Å². The Morgan fingerprint density at radius 3 is 2.35 bits per heavy atom. The van der Waals surface area contributed by atoms with Crippen LogP contribution in [0.5, 0.6) is 0 Å². The number of ether oxygens (including phenoxy) is 1. The Morgan fingerprint density at radius 2 is 1.85 bits per heavy atom. The Bertz CT molecular complexity index is 473. The summed E-state index contributed by atoms with van der Waals surface area (Å²) in [6.45, 7) is 0.913. The van der Waals surface area contributed by atoms with Crippen molar-refractivity contribution < 1.29 is 22.7 Å². The van der Waals surface area contributed by atoms with E-state index in [0.29, 0.717) is 19.1 Å². The molecular formula is C13H17F3N2O2. The molecular weight excluding hydrogens is 273 g/mol. The van der Waals surface area contributed by atoms with Crippen LogP contribution < -0.4 is 11.1 Å². The highest BCUT2D eigenvalue weighted by molar-refractivity contribution is 5.86. The van der Waals surface area contributed by atoms with Crippen LogP contribution in [0, 0.1) is 0 Å². The first-order valence-corrected chi connectivity index (χ1v) is 5.89. The second-order valence-electron chi connectivity index (χ2n) is 4.58. The third-order valence-electron chi connectivity index (χ3n) is 2.92. The van der Waals surface area contributed by atoms with Crippen LogP contribution in [0.2, 0.25) is 0 Å². The maximum Gasteiger partial charge on any atom is 0.415 e. The van der Waals surface area contributed by atoms with E-state index in [1.54, 1.807) is 24.3 Å². The number of nitrogens with two attached hydrogens (primary N) is 1. The monoisotopic (exact) mass is 290 g/mol. The number of alkyl halides is 3. The van der Waals surface area contributed by atoms with Gasteiger partial charge in [-0.05, 0) is 18.1 Å². The van der Waals surface area contributed by atoms with Gasteiger partial charge in [0.2, 0.25) is 5.91 Å². The molecule has 3 N–H and O–H groups in total. The maximum atomic E-state index is 12.6. The van der Waals surface area contributed by atoms with Crippen LogP contribution in [0.15, 0.2) is 24.3 Å². The van der Waals surface area contributed by atoms with Crippen molar-refractivity contribution in [3.63, 3.8) is 0 Å². The molecule has 1 aromatic rings. The van der Waals surface area contributed by atoms with Gasteiger partial charge in [-0.15, -0.1) is 0 Å². The second kappa shape index (κ2) is 6.23. The van der Waals surface area contributed by atoms with Crippen molar-refractivity contribution in [2.45, 2.75) is 31.8 Å². The lowest BCUT2D eigenvalue weighted by atomic mass is 10.0. The van der Waals surface area contributed by atoms with Crippen LogP contribution in [0.1, 0.15) is 18.1 Å². The third-order valence-corrected chi connectivity index (χ3v) is 2.92. The van der Waals surface area contributed by atoms with E-state index in [0.717, 1.165) is 5.56 Å². The molecule has 7 heteroatoms. The molecule has 0 spiro atoms. The Hall–Kier alpha value is -1.60. The number of halogens is 3. The summed E-state index contributed by atoms with van der Waals surface area (Å²) in [6.07, 6.45) is -4.80. The lowest BCUT2D eigenvalue weighted by Gasteiger charge is -2.26. The number of carbonyl (C=O) groups excluding carboxylic acids is 1. The summed E-state index contributed by atoms with van der Waals surface area (Å²) >= 11 is 0. The average molecular weight is 290 g/mol. The van der Waals surface area contributed by atoms with Crippen molar-refractivity contribution in [3.8, 4) is 0 Å². The number of methoxy groups -OCH3 is 1. The largest absolute Gasteiger partial charge is 0.415 e. The van der Waals surface area contributed by atoms with E-state index in [9.17, 15) is 18.0 Å². The predicted octanol–water partition coefficient (Wildman–Crippen LogP) is 1.73. The molecule has 0 saturated carbocycles. The van der Waals surface area contributed by atoms with E-state index in [2.05, 4.69) is 5.32 Å². The molecule has 1 atom stereocenters. The van der Waals surface area contributed by atoms with Crippen molar-refractivity contribution in [3.05, 3.63) is 35.4 Å². The second-order valence-corrected chi connectivity index (χ2v) is 4.58. The summed E-state index contributed by atoms with van der Waals surface area (Å²) in [7, 11) is 1.51. The first kappa shape index (κ1) is 16.5. The summed E-state index contributed by atoms with van der Waals surface area (Å²) in [5.74, 6) is -1.27. The van der Waals surface area contributed by atoms with Crippen molar-refractivity contribution in [2.75, 3.05) is 7.11 Å². The number of rotatable bonds is 5. The van der Waals surface area contributed by atoms with Gasteiger partial charge in [-0.3, -0.25) is 4.79 Å². The van der Waals surface area contributed by atoms with Crippen LogP contribution >= 0.6 is 0 Å². The number of amides is 1. The van der Waals surface area contributed by atoms with Gasteiger partial charge in [-0.1, -0.05) is 24.3 Å². The zero-order valence-corrected chi connectivity index (χ0v) is 11.3. The molecule has 20 heavy (non-hydrogen) atoms. The Morgan fingerprint density at radius 1 is 1.30 bits per heavy atom. The molecule has 1 unspecified atom stereocenters. The highest BCUT2D eigenvalue weighted by Crippen LogP contribution is 2.28. The summed E-state index contributed by atoms with van der Waals surface area (Å²) in [4.78, 5) is 11.6. The van der Waals surface area contributed by atoms with Crippen LogP contribution in [0.25, 0.3) is 0 Å². The molecule has 0 radical (unpaired) electrons. The molecule has 0 fully saturated rings. The minimum atomic E-state index is -4.80. The van der Waals surface area contributed by atoms with E-state index in [1.807, 2.05) is 0 Å². The number of hydrogen-bond acceptors (Lipinski definition) is 3. The molecule has 0 aliphatic carbocycles. The molecule has 0 heterocycles. The fourth-order valence-electron chi connectivity index (χ4n) is 1.51. The van der Waals surface area contributed by atoms with E-state index >= 15 is 0 Å². The Balaban J connectivity index is 2.75. The lowest BCUT2D eigenvalue weighted by molar-refractivity contribution is -0.187. The SMILES string of the molecule is COCc1ccccc1CNC(=O)C(C)(N)C(F)(F)F. The molecule has 0 bridgehead atoms. The molecule has 4 nitrogen and oxygen atoms in total. The summed E-state index contributed by atoms with van der Waals surface area (Å²) in [6, 6.07) is 6.99. The molecule has 1 rings (SSSR count). The Labute approximate surface area is 115 Å². The molecule has 1 aromatic carbocycles. The van der Waals surface area contributed by atoms with Gasteiger partial charge in [-0.2, -0.15) is 13.2 Å². The zero-order valence-electron chi connectivity index (χ0n) is 11.3.